The number of rotatable bonds is 3. The molecule has 2 fully saturated rings. The normalized spacial score (nSPS) is 25.9. The molecule has 6 nitrogen and oxygen atoms in total. The molecule has 1 aromatic carbocycles. The van der Waals surface area contributed by atoms with Crippen molar-refractivity contribution in [1.82, 2.24) is 4.31 Å². The average Bonchev–Trinajstić information content (AvgIpc) is 2.94. The summed E-state index contributed by atoms with van der Waals surface area (Å²) in [5.74, 6) is -2.24. The molecule has 22 heavy (non-hydrogen) atoms. The summed E-state index contributed by atoms with van der Waals surface area (Å²) in [7, 11) is -3.94. The van der Waals surface area contributed by atoms with Gasteiger partial charge in [0.25, 0.3) is 0 Å². The smallest absolute Gasteiger partial charge is 0.335 e. The highest BCUT2D eigenvalue weighted by atomic mass is 32.2. The van der Waals surface area contributed by atoms with E-state index >= 15 is 0 Å². The lowest BCUT2D eigenvalue weighted by molar-refractivity contribution is -0.0241. The van der Waals surface area contributed by atoms with Crippen molar-refractivity contribution in [3.63, 3.8) is 0 Å². The Hall–Kier alpha value is -1.51. The maximum absolute atomic E-state index is 13.6. The van der Waals surface area contributed by atoms with Crippen LogP contribution in [0.3, 0.4) is 0 Å². The van der Waals surface area contributed by atoms with Gasteiger partial charge in [0.2, 0.25) is 10.0 Å². The summed E-state index contributed by atoms with van der Waals surface area (Å²) in [6.07, 6.45) is 2.26. The Bertz CT molecular complexity index is 705. The van der Waals surface area contributed by atoms with Crippen LogP contribution in [0, 0.1) is 5.82 Å². The number of hydrogen-bond acceptors (Lipinski definition) is 4. The highest BCUT2D eigenvalue weighted by Gasteiger charge is 2.42. The lowest BCUT2D eigenvalue weighted by Gasteiger charge is -2.36. The summed E-state index contributed by atoms with van der Waals surface area (Å²) in [6.45, 7) is 0.490. The topological polar surface area (TPSA) is 83.9 Å². The van der Waals surface area contributed by atoms with Crippen molar-refractivity contribution < 1.29 is 27.4 Å². The first-order valence-corrected chi connectivity index (χ1v) is 8.51. The second-order valence-corrected chi connectivity index (χ2v) is 7.39. The Morgan fingerprint density at radius 3 is 2.82 bits per heavy atom. The minimum atomic E-state index is -3.94. The van der Waals surface area contributed by atoms with E-state index in [9.17, 15) is 17.6 Å². The number of carbonyl (C=O) groups is 1. The summed E-state index contributed by atoms with van der Waals surface area (Å²) >= 11 is 0. The van der Waals surface area contributed by atoms with Gasteiger partial charge in [-0.2, -0.15) is 4.31 Å². The van der Waals surface area contributed by atoms with Gasteiger partial charge >= 0.3 is 5.97 Å². The molecule has 2 aliphatic rings. The van der Waals surface area contributed by atoms with Crippen LogP contribution in [0.2, 0.25) is 0 Å². The predicted molar refractivity (Wildman–Crippen MR) is 74.6 cm³/mol. The first kappa shape index (κ1) is 15.4. The summed E-state index contributed by atoms with van der Waals surface area (Å²) < 4.78 is 46.0. The van der Waals surface area contributed by atoms with Crippen molar-refractivity contribution in [1.29, 1.82) is 0 Å². The van der Waals surface area contributed by atoms with Gasteiger partial charge < -0.3 is 9.84 Å². The molecule has 1 saturated carbocycles. The van der Waals surface area contributed by atoms with Crippen LogP contribution in [-0.4, -0.2) is 49.1 Å². The Morgan fingerprint density at radius 2 is 2.09 bits per heavy atom. The van der Waals surface area contributed by atoms with Gasteiger partial charge in [-0.1, -0.05) is 0 Å². The molecule has 3 rings (SSSR count). The van der Waals surface area contributed by atoms with Gasteiger partial charge in [-0.15, -0.1) is 0 Å². The number of hydrogen-bond donors (Lipinski definition) is 1. The average molecular weight is 329 g/mol. The number of nitrogens with zero attached hydrogens (tertiary/aromatic N) is 1. The maximum atomic E-state index is 13.6. The number of benzene rings is 1. The van der Waals surface area contributed by atoms with E-state index in [1.54, 1.807) is 0 Å². The number of carboxylic acid groups (broad SMARTS) is 1. The highest BCUT2D eigenvalue weighted by Crippen LogP contribution is 2.33. The first-order valence-electron chi connectivity index (χ1n) is 7.07. The summed E-state index contributed by atoms with van der Waals surface area (Å²) in [6, 6.07) is 2.41. The monoisotopic (exact) mass is 329 g/mol. The molecule has 0 aromatic heterocycles. The van der Waals surface area contributed by atoms with Crippen molar-refractivity contribution in [2.45, 2.75) is 36.3 Å². The minimum Gasteiger partial charge on any atom is -0.478 e. The van der Waals surface area contributed by atoms with Gasteiger partial charge in [0.15, 0.2) is 0 Å². The zero-order chi connectivity index (χ0) is 15.9. The van der Waals surface area contributed by atoms with E-state index in [-0.39, 0.29) is 29.1 Å². The molecular formula is C14H16FNO5S. The molecule has 0 unspecified atom stereocenters. The number of sulfonamides is 1. The molecule has 0 spiro atoms. The SMILES string of the molecule is O=C(O)c1cc(F)cc(S(=O)(=O)N2CCO[C@H]3CCC[C@H]32)c1. The van der Waals surface area contributed by atoms with E-state index in [0.29, 0.717) is 13.0 Å². The third-order valence-electron chi connectivity index (χ3n) is 4.16. The number of halogens is 1. The van der Waals surface area contributed by atoms with Crippen LogP contribution < -0.4 is 0 Å². The van der Waals surface area contributed by atoms with E-state index in [1.165, 1.54) is 4.31 Å². The van der Waals surface area contributed by atoms with Crippen molar-refractivity contribution in [3.05, 3.63) is 29.6 Å². The van der Waals surface area contributed by atoms with Gasteiger partial charge in [-0.25, -0.2) is 17.6 Å². The van der Waals surface area contributed by atoms with Crippen LogP contribution in [0.4, 0.5) is 4.39 Å². The van der Waals surface area contributed by atoms with Gasteiger partial charge in [-0.3, -0.25) is 0 Å². The number of aromatic carboxylic acids is 1. The maximum Gasteiger partial charge on any atom is 0.335 e. The van der Waals surface area contributed by atoms with E-state index < -0.39 is 21.8 Å². The molecule has 1 N–H and O–H groups in total. The Balaban J connectivity index is 2.00. The predicted octanol–water partition coefficient (Wildman–Crippen LogP) is 1.47. The summed E-state index contributed by atoms with van der Waals surface area (Å²) in [4.78, 5) is 10.7. The van der Waals surface area contributed by atoms with E-state index in [1.807, 2.05) is 0 Å². The van der Waals surface area contributed by atoms with Crippen LogP contribution in [-0.2, 0) is 14.8 Å². The van der Waals surface area contributed by atoms with E-state index in [0.717, 1.165) is 31.0 Å². The molecule has 2 atom stereocenters. The highest BCUT2D eigenvalue weighted by molar-refractivity contribution is 7.89. The second kappa shape index (κ2) is 5.60. The van der Waals surface area contributed by atoms with Gasteiger partial charge in [0.05, 0.1) is 29.2 Å². The number of ether oxygens (including phenoxy) is 1. The zero-order valence-corrected chi connectivity index (χ0v) is 12.6. The lowest BCUT2D eigenvalue weighted by atomic mass is 10.2. The quantitative estimate of drug-likeness (QED) is 0.908. The fourth-order valence-corrected chi connectivity index (χ4v) is 4.88. The van der Waals surface area contributed by atoms with Crippen LogP contribution in [0.15, 0.2) is 23.1 Å². The first-order chi connectivity index (χ1) is 10.4. The molecule has 1 aliphatic heterocycles. The number of fused-ring (bicyclic) bond motifs is 1. The van der Waals surface area contributed by atoms with Crippen molar-refractivity contribution >= 4 is 16.0 Å². The number of carboxylic acids is 1. The van der Waals surface area contributed by atoms with Crippen molar-refractivity contribution in [3.8, 4) is 0 Å². The Kier molecular flexibility index (Phi) is 3.92. The van der Waals surface area contributed by atoms with Gasteiger partial charge in [-0.05, 0) is 37.5 Å². The summed E-state index contributed by atoms with van der Waals surface area (Å²) in [5, 5.41) is 8.96. The lowest BCUT2D eigenvalue weighted by Crippen LogP contribution is -2.51. The van der Waals surface area contributed by atoms with E-state index in [2.05, 4.69) is 0 Å². The molecule has 0 radical (unpaired) electrons. The Morgan fingerprint density at radius 1 is 1.32 bits per heavy atom. The third kappa shape index (κ3) is 2.62. The van der Waals surface area contributed by atoms with Crippen LogP contribution >= 0.6 is 0 Å². The Labute approximate surface area is 127 Å². The van der Waals surface area contributed by atoms with E-state index in [4.69, 9.17) is 9.84 Å². The van der Waals surface area contributed by atoms with Gasteiger partial charge in [0, 0.05) is 6.54 Å². The largest absolute Gasteiger partial charge is 0.478 e. The molecule has 0 bridgehead atoms. The molecule has 1 heterocycles. The fraction of sp³-hybridized carbons (Fsp3) is 0.500. The van der Waals surface area contributed by atoms with Crippen LogP contribution in [0.1, 0.15) is 29.6 Å². The molecule has 8 heteroatoms. The minimum absolute atomic E-state index is 0.129. The molecule has 120 valence electrons. The third-order valence-corrected chi connectivity index (χ3v) is 6.06. The number of morpholine rings is 1. The second-order valence-electron chi connectivity index (χ2n) is 5.50. The van der Waals surface area contributed by atoms with Crippen molar-refractivity contribution in [2.24, 2.45) is 0 Å². The molecule has 1 saturated heterocycles. The van der Waals surface area contributed by atoms with Crippen LogP contribution in [0.5, 0.6) is 0 Å². The standard InChI is InChI=1S/C14H16FNO5S/c15-10-6-9(14(17)18)7-11(8-10)22(19,20)16-4-5-21-13-3-1-2-12(13)16/h6-8,12-13H,1-5H2,(H,17,18)/t12-,13+/m1/s1. The molecule has 0 amide bonds. The molecule has 1 aromatic rings. The fourth-order valence-electron chi connectivity index (χ4n) is 3.16. The van der Waals surface area contributed by atoms with Gasteiger partial charge in [0.1, 0.15) is 5.82 Å². The summed E-state index contributed by atoms with van der Waals surface area (Å²) in [5.41, 5.74) is -0.380. The molecular weight excluding hydrogens is 313 g/mol. The van der Waals surface area contributed by atoms with Crippen LogP contribution in [0.25, 0.3) is 0 Å². The van der Waals surface area contributed by atoms with Crippen molar-refractivity contribution in [2.75, 3.05) is 13.2 Å². The molecule has 1 aliphatic carbocycles. The zero-order valence-electron chi connectivity index (χ0n) is 11.7.